The molecule has 0 bridgehead atoms. The van der Waals surface area contributed by atoms with Gasteiger partial charge in [0.1, 0.15) is 0 Å². The summed E-state index contributed by atoms with van der Waals surface area (Å²) < 4.78 is 0. The highest BCUT2D eigenvalue weighted by molar-refractivity contribution is 7.10. The molecule has 0 atom stereocenters. The van der Waals surface area contributed by atoms with Gasteiger partial charge >= 0.3 is 0 Å². The monoisotopic (exact) mass is 294 g/mol. The van der Waals surface area contributed by atoms with E-state index >= 15 is 0 Å². The lowest BCUT2D eigenvalue weighted by molar-refractivity contribution is -0.120. The van der Waals surface area contributed by atoms with Gasteiger partial charge in [0.15, 0.2) is 0 Å². The number of hydrogen-bond acceptors (Lipinski definition) is 3. The molecule has 1 amide bonds. The molecule has 0 aliphatic carbocycles. The summed E-state index contributed by atoms with van der Waals surface area (Å²) in [5.74, 6) is 0.156. The Balaban J connectivity index is 1.44. The third-order valence-electron chi connectivity index (χ3n) is 3.84. The van der Waals surface area contributed by atoms with E-state index in [1.165, 1.54) is 51.7 Å². The lowest BCUT2D eigenvalue weighted by atomic mass is 10.1. The Morgan fingerprint density at radius 2 is 2.05 bits per heavy atom. The van der Waals surface area contributed by atoms with Gasteiger partial charge in [0.05, 0.1) is 6.42 Å². The third-order valence-corrected chi connectivity index (χ3v) is 4.71. The topological polar surface area (TPSA) is 32.3 Å². The molecule has 3 nitrogen and oxygen atoms in total. The fraction of sp³-hybridized carbons (Fsp3) is 0.688. The largest absolute Gasteiger partial charge is 0.356 e. The van der Waals surface area contributed by atoms with Crippen molar-refractivity contribution in [2.45, 2.75) is 44.9 Å². The molecule has 0 radical (unpaired) electrons. The second kappa shape index (κ2) is 9.14. The van der Waals surface area contributed by atoms with Crippen molar-refractivity contribution in [3.05, 3.63) is 22.4 Å². The van der Waals surface area contributed by atoms with E-state index in [9.17, 15) is 4.79 Å². The number of thiophene rings is 1. The van der Waals surface area contributed by atoms with E-state index < -0.39 is 0 Å². The Kier molecular flexibility index (Phi) is 7.09. The molecule has 1 aliphatic heterocycles. The first-order valence-electron chi connectivity index (χ1n) is 7.86. The highest BCUT2D eigenvalue weighted by Gasteiger charge is 2.08. The number of carbonyl (C=O) groups excluding carboxylic acids is 1. The predicted molar refractivity (Wildman–Crippen MR) is 85.2 cm³/mol. The molecule has 0 spiro atoms. The zero-order chi connectivity index (χ0) is 14.0. The first kappa shape index (κ1) is 15.5. The lowest BCUT2D eigenvalue weighted by Crippen LogP contribution is -2.30. The van der Waals surface area contributed by atoms with Crippen molar-refractivity contribution in [2.75, 3.05) is 26.2 Å². The first-order valence-corrected chi connectivity index (χ1v) is 8.74. The van der Waals surface area contributed by atoms with Crippen molar-refractivity contribution in [1.29, 1.82) is 0 Å². The van der Waals surface area contributed by atoms with Crippen LogP contribution >= 0.6 is 11.3 Å². The Morgan fingerprint density at radius 1 is 1.20 bits per heavy atom. The van der Waals surface area contributed by atoms with Crippen LogP contribution in [0.15, 0.2) is 17.5 Å². The maximum Gasteiger partial charge on any atom is 0.225 e. The van der Waals surface area contributed by atoms with Crippen molar-refractivity contribution < 1.29 is 4.79 Å². The van der Waals surface area contributed by atoms with Gasteiger partial charge in [-0.15, -0.1) is 11.3 Å². The van der Waals surface area contributed by atoms with Crippen LogP contribution in [0.5, 0.6) is 0 Å². The molecular weight excluding hydrogens is 268 g/mol. The molecule has 1 saturated heterocycles. The van der Waals surface area contributed by atoms with Gasteiger partial charge < -0.3 is 10.2 Å². The van der Waals surface area contributed by atoms with Gasteiger partial charge in [0.25, 0.3) is 0 Å². The average Bonchev–Trinajstić information content (AvgIpc) is 2.96. The predicted octanol–water partition coefficient (Wildman–Crippen LogP) is 3.06. The Bertz CT molecular complexity index is 372. The zero-order valence-corrected chi connectivity index (χ0v) is 13.1. The molecular formula is C16H26N2OS. The standard InChI is InChI=1S/C16H26N2OS/c19-16(14-15-8-7-13-20-15)17-9-3-1-4-10-18-11-5-2-6-12-18/h7-8,13H,1-6,9-12,14H2,(H,17,19). The fourth-order valence-electron chi connectivity index (χ4n) is 2.68. The highest BCUT2D eigenvalue weighted by atomic mass is 32.1. The van der Waals surface area contributed by atoms with Crippen LogP contribution in [0.4, 0.5) is 0 Å². The average molecular weight is 294 g/mol. The van der Waals surface area contributed by atoms with Crippen LogP contribution in [0.25, 0.3) is 0 Å². The summed E-state index contributed by atoms with van der Waals surface area (Å²) in [7, 11) is 0. The number of carbonyl (C=O) groups is 1. The molecule has 1 aromatic heterocycles. The zero-order valence-electron chi connectivity index (χ0n) is 12.3. The summed E-state index contributed by atoms with van der Waals surface area (Å²) in [5, 5.41) is 5.03. The normalized spacial score (nSPS) is 16.2. The van der Waals surface area contributed by atoms with Gasteiger partial charge in [-0.25, -0.2) is 0 Å². The number of hydrogen-bond donors (Lipinski definition) is 1. The number of unbranched alkanes of at least 4 members (excludes halogenated alkanes) is 2. The Labute approximate surface area is 126 Å². The van der Waals surface area contributed by atoms with Crippen LogP contribution in [-0.2, 0) is 11.2 Å². The minimum absolute atomic E-state index is 0.156. The fourth-order valence-corrected chi connectivity index (χ4v) is 3.39. The van der Waals surface area contributed by atoms with Gasteiger partial charge in [-0.2, -0.15) is 0 Å². The maximum atomic E-state index is 11.7. The van der Waals surface area contributed by atoms with Crippen LogP contribution in [0, 0.1) is 0 Å². The SMILES string of the molecule is O=C(Cc1cccs1)NCCCCCN1CCCCC1. The number of amides is 1. The molecule has 2 rings (SSSR count). The molecule has 1 fully saturated rings. The van der Waals surface area contributed by atoms with Crippen LogP contribution in [0.2, 0.25) is 0 Å². The summed E-state index contributed by atoms with van der Waals surface area (Å²) in [4.78, 5) is 15.4. The Hall–Kier alpha value is -0.870. The van der Waals surface area contributed by atoms with Crippen molar-refractivity contribution in [2.24, 2.45) is 0 Å². The van der Waals surface area contributed by atoms with Crippen molar-refractivity contribution in [1.82, 2.24) is 10.2 Å². The van der Waals surface area contributed by atoms with E-state index in [1.807, 2.05) is 17.5 Å². The first-order chi connectivity index (χ1) is 9.84. The van der Waals surface area contributed by atoms with E-state index in [2.05, 4.69) is 10.2 Å². The molecule has 0 aromatic carbocycles. The number of likely N-dealkylation sites (tertiary alicyclic amines) is 1. The summed E-state index contributed by atoms with van der Waals surface area (Å²) in [6.07, 6.45) is 8.27. The van der Waals surface area contributed by atoms with Gasteiger partial charge in [0.2, 0.25) is 5.91 Å². The molecule has 1 N–H and O–H groups in total. The quantitative estimate of drug-likeness (QED) is 0.747. The van der Waals surface area contributed by atoms with Crippen molar-refractivity contribution >= 4 is 17.2 Å². The maximum absolute atomic E-state index is 11.7. The smallest absolute Gasteiger partial charge is 0.225 e. The van der Waals surface area contributed by atoms with Gasteiger partial charge in [-0.1, -0.05) is 18.9 Å². The summed E-state index contributed by atoms with van der Waals surface area (Å²) >= 11 is 1.65. The molecule has 1 aliphatic rings. The third kappa shape index (κ3) is 6.06. The molecule has 112 valence electrons. The van der Waals surface area contributed by atoms with Gasteiger partial charge in [-0.05, 0) is 56.8 Å². The molecule has 0 saturated carbocycles. The van der Waals surface area contributed by atoms with E-state index in [1.54, 1.807) is 11.3 Å². The number of rotatable bonds is 8. The number of nitrogens with zero attached hydrogens (tertiary/aromatic N) is 1. The second-order valence-electron chi connectivity index (χ2n) is 5.57. The van der Waals surface area contributed by atoms with Crippen LogP contribution in [0.1, 0.15) is 43.4 Å². The van der Waals surface area contributed by atoms with E-state index in [-0.39, 0.29) is 5.91 Å². The number of nitrogens with one attached hydrogen (secondary N) is 1. The second-order valence-corrected chi connectivity index (χ2v) is 6.60. The molecule has 20 heavy (non-hydrogen) atoms. The van der Waals surface area contributed by atoms with Crippen molar-refractivity contribution in [3.8, 4) is 0 Å². The summed E-state index contributed by atoms with van der Waals surface area (Å²) in [6.45, 7) is 4.64. The van der Waals surface area contributed by atoms with E-state index in [0.29, 0.717) is 6.42 Å². The number of piperidine rings is 1. The molecule has 0 unspecified atom stereocenters. The molecule has 2 heterocycles. The van der Waals surface area contributed by atoms with Crippen LogP contribution in [0.3, 0.4) is 0 Å². The highest BCUT2D eigenvalue weighted by Crippen LogP contribution is 2.10. The van der Waals surface area contributed by atoms with Gasteiger partial charge in [-0.3, -0.25) is 4.79 Å². The van der Waals surface area contributed by atoms with E-state index in [4.69, 9.17) is 0 Å². The lowest BCUT2D eigenvalue weighted by Gasteiger charge is -2.26. The van der Waals surface area contributed by atoms with Crippen LogP contribution < -0.4 is 5.32 Å². The minimum Gasteiger partial charge on any atom is -0.356 e. The summed E-state index contributed by atoms with van der Waals surface area (Å²) in [6, 6.07) is 4.01. The van der Waals surface area contributed by atoms with Crippen LogP contribution in [-0.4, -0.2) is 37.0 Å². The minimum atomic E-state index is 0.156. The van der Waals surface area contributed by atoms with Crippen molar-refractivity contribution in [3.63, 3.8) is 0 Å². The molecule has 1 aromatic rings. The Morgan fingerprint density at radius 3 is 2.80 bits per heavy atom. The summed E-state index contributed by atoms with van der Waals surface area (Å²) in [5.41, 5.74) is 0. The molecule has 4 heteroatoms. The van der Waals surface area contributed by atoms with Gasteiger partial charge in [0, 0.05) is 11.4 Å². The van der Waals surface area contributed by atoms with E-state index in [0.717, 1.165) is 17.8 Å².